The monoisotopic (exact) mass is 202 g/mol. The molecule has 0 aliphatic heterocycles. The molecule has 0 bridgehead atoms. The van der Waals surface area contributed by atoms with Crippen molar-refractivity contribution in [2.45, 2.75) is 69.2 Å². The summed E-state index contributed by atoms with van der Waals surface area (Å²) in [5, 5.41) is 0. The van der Waals surface area contributed by atoms with Crippen LogP contribution in [0.25, 0.3) is 0 Å². The maximum atomic E-state index is 2.30. The Labute approximate surface area is 93.5 Å². The Morgan fingerprint density at radius 3 is 0.929 bits per heavy atom. The van der Waals surface area contributed by atoms with Crippen molar-refractivity contribution < 1.29 is 0 Å². The Bertz CT molecular complexity index is 84.2. The summed E-state index contributed by atoms with van der Waals surface area (Å²) in [7, 11) is 0. The molecular weight excluding hydrogens is 168 g/mol. The minimum absolute atomic E-state index is 0. The summed E-state index contributed by atoms with van der Waals surface area (Å²) < 4.78 is 0. The summed E-state index contributed by atoms with van der Waals surface area (Å²) in [6.07, 6.45) is 1.32. The van der Waals surface area contributed by atoms with Crippen LogP contribution in [0.4, 0.5) is 0 Å². The molecule has 0 aromatic carbocycles. The van der Waals surface area contributed by atoms with Crippen molar-refractivity contribution in [1.82, 2.24) is 0 Å². The van der Waals surface area contributed by atoms with Crippen LogP contribution in [0.2, 0.25) is 0 Å². The summed E-state index contributed by atoms with van der Waals surface area (Å²) in [4.78, 5) is 0. The molecule has 0 fully saturated rings. The van der Waals surface area contributed by atoms with E-state index in [1.807, 2.05) is 0 Å². The van der Waals surface area contributed by atoms with Crippen LogP contribution in [-0.2, 0) is 0 Å². The zero-order valence-electron chi connectivity index (χ0n) is 11.0. The van der Waals surface area contributed by atoms with E-state index in [2.05, 4.69) is 55.4 Å². The summed E-state index contributed by atoms with van der Waals surface area (Å²) in [5.74, 6) is 3.47. The maximum Gasteiger partial charge on any atom is -0.0422 e. The van der Waals surface area contributed by atoms with Crippen molar-refractivity contribution in [2.24, 2.45) is 23.7 Å². The summed E-state index contributed by atoms with van der Waals surface area (Å²) in [5.41, 5.74) is 0. The zero-order chi connectivity index (χ0) is 11.0. The summed E-state index contributed by atoms with van der Waals surface area (Å²) >= 11 is 0. The highest BCUT2D eigenvalue weighted by Gasteiger charge is 2.01. The Balaban J connectivity index is -0.000000163. The second-order valence-electron chi connectivity index (χ2n) is 5.12. The van der Waals surface area contributed by atoms with Gasteiger partial charge in [-0.15, -0.1) is 0 Å². The molecule has 0 heteroatoms. The van der Waals surface area contributed by atoms with Gasteiger partial charge in [0.15, 0.2) is 0 Å². The maximum absolute atomic E-state index is 2.30. The quantitative estimate of drug-likeness (QED) is 0.557. The van der Waals surface area contributed by atoms with Crippen LogP contribution in [0, 0.1) is 23.7 Å². The normalized spacial score (nSPS) is 12.2. The molecule has 14 heavy (non-hydrogen) atoms. The minimum atomic E-state index is 0. The van der Waals surface area contributed by atoms with Crippen LogP contribution in [0.15, 0.2) is 0 Å². The first-order valence-electron chi connectivity index (χ1n) is 5.82. The first-order chi connectivity index (χ1) is 5.82. The van der Waals surface area contributed by atoms with Crippen molar-refractivity contribution in [3.63, 3.8) is 0 Å². The molecule has 0 amide bonds. The van der Waals surface area contributed by atoms with Crippen molar-refractivity contribution >= 4 is 0 Å². The van der Waals surface area contributed by atoms with E-state index in [1.54, 1.807) is 0 Å². The lowest BCUT2D eigenvalue weighted by Crippen LogP contribution is -2.00. The van der Waals surface area contributed by atoms with Crippen LogP contribution >= 0.6 is 0 Å². The van der Waals surface area contributed by atoms with Crippen molar-refractivity contribution in [3.8, 4) is 0 Å². The van der Waals surface area contributed by atoms with Gasteiger partial charge in [-0.3, -0.25) is 0 Å². The van der Waals surface area contributed by atoms with Crippen LogP contribution in [-0.4, -0.2) is 0 Å². The van der Waals surface area contributed by atoms with E-state index in [9.17, 15) is 0 Å². The van der Waals surface area contributed by atoms with E-state index in [0.29, 0.717) is 0 Å². The first-order valence-corrected chi connectivity index (χ1v) is 5.82. The molecule has 0 aromatic heterocycles. The molecule has 0 aliphatic rings. The Morgan fingerprint density at radius 1 is 0.643 bits per heavy atom. The van der Waals surface area contributed by atoms with Crippen molar-refractivity contribution in [2.75, 3.05) is 0 Å². The third-order valence-electron chi connectivity index (χ3n) is 3.12. The number of hydrogen-bond acceptors (Lipinski definition) is 0. The van der Waals surface area contributed by atoms with Crippen LogP contribution in [0.3, 0.4) is 0 Å². The SMILES string of the molecule is C.CC(C)C(C)C.CCC(C)C(C)C. The lowest BCUT2D eigenvalue weighted by Gasteiger charge is -2.10. The molecule has 0 aliphatic carbocycles. The van der Waals surface area contributed by atoms with Gasteiger partial charge in [-0.2, -0.15) is 0 Å². The predicted octanol–water partition coefficient (Wildman–Crippen LogP) is 5.62. The molecule has 0 spiro atoms. The first kappa shape index (κ1) is 19.6. The van der Waals surface area contributed by atoms with E-state index in [4.69, 9.17) is 0 Å². The lowest BCUT2D eigenvalue weighted by atomic mass is 9.96. The van der Waals surface area contributed by atoms with E-state index in [-0.39, 0.29) is 7.43 Å². The van der Waals surface area contributed by atoms with Crippen LogP contribution < -0.4 is 0 Å². The molecule has 0 aromatic rings. The van der Waals surface area contributed by atoms with Gasteiger partial charge < -0.3 is 0 Å². The van der Waals surface area contributed by atoms with Gasteiger partial charge >= 0.3 is 0 Å². The molecule has 0 radical (unpaired) electrons. The molecule has 1 atom stereocenters. The van der Waals surface area contributed by atoms with E-state index in [0.717, 1.165) is 23.7 Å². The molecule has 1 unspecified atom stereocenters. The molecule has 0 N–H and O–H groups in total. The highest BCUT2D eigenvalue weighted by Crippen LogP contribution is 2.11. The molecular formula is C14H34. The van der Waals surface area contributed by atoms with E-state index < -0.39 is 0 Å². The smallest absolute Gasteiger partial charge is 0.0422 e. The average Bonchev–Trinajstić information content (AvgIpc) is 2.03. The topological polar surface area (TPSA) is 0 Å². The highest BCUT2D eigenvalue weighted by atomic mass is 14.1. The minimum Gasteiger partial charge on any atom is -0.0776 e. The van der Waals surface area contributed by atoms with E-state index in [1.165, 1.54) is 6.42 Å². The van der Waals surface area contributed by atoms with Crippen LogP contribution in [0.5, 0.6) is 0 Å². The number of rotatable bonds is 3. The summed E-state index contributed by atoms with van der Waals surface area (Å²) in [6.45, 7) is 18.0. The van der Waals surface area contributed by atoms with Gasteiger partial charge in [-0.05, 0) is 23.7 Å². The Hall–Kier alpha value is 0. The fourth-order valence-electron chi connectivity index (χ4n) is 0.471. The Kier molecular flexibility index (Phi) is 15.5. The molecule has 0 rings (SSSR count). The third kappa shape index (κ3) is 14.5. The molecule has 0 heterocycles. The third-order valence-corrected chi connectivity index (χ3v) is 3.12. The largest absolute Gasteiger partial charge is 0.0776 e. The van der Waals surface area contributed by atoms with Gasteiger partial charge in [0, 0.05) is 0 Å². The highest BCUT2D eigenvalue weighted by molar-refractivity contribution is 4.52. The standard InChI is InChI=1S/C7H16.C6H14.CH4/c1-5-7(4)6(2)3;1-5(2)6(3)4;/h6-7H,5H2,1-4H3;5-6H,1-4H3;1H4. The lowest BCUT2D eigenvalue weighted by molar-refractivity contribution is 0.407. The van der Waals surface area contributed by atoms with Gasteiger partial charge in [-0.25, -0.2) is 0 Å². The summed E-state index contributed by atoms with van der Waals surface area (Å²) in [6, 6.07) is 0. The van der Waals surface area contributed by atoms with Gasteiger partial charge in [0.05, 0.1) is 0 Å². The van der Waals surface area contributed by atoms with Crippen molar-refractivity contribution in [1.29, 1.82) is 0 Å². The fraction of sp³-hybridized carbons (Fsp3) is 1.00. The molecule has 0 nitrogen and oxygen atoms in total. The van der Waals surface area contributed by atoms with Crippen molar-refractivity contribution in [3.05, 3.63) is 0 Å². The molecule has 90 valence electrons. The van der Waals surface area contributed by atoms with Crippen LogP contribution in [0.1, 0.15) is 69.2 Å². The number of hydrogen-bond donors (Lipinski definition) is 0. The van der Waals surface area contributed by atoms with E-state index >= 15 is 0 Å². The average molecular weight is 202 g/mol. The Morgan fingerprint density at radius 2 is 0.929 bits per heavy atom. The molecule has 0 saturated heterocycles. The van der Waals surface area contributed by atoms with Gasteiger partial charge in [-0.1, -0.05) is 69.2 Å². The zero-order valence-corrected chi connectivity index (χ0v) is 11.0. The van der Waals surface area contributed by atoms with Gasteiger partial charge in [0.2, 0.25) is 0 Å². The second kappa shape index (κ2) is 11.1. The van der Waals surface area contributed by atoms with Gasteiger partial charge in [0.25, 0.3) is 0 Å². The second-order valence-corrected chi connectivity index (χ2v) is 5.12. The fourth-order valence-corrected chi connectivity index (χ4v) is 0.471. The molecule has 0 saturated carbocycles. The van der Waals surface area contributed by atoms with Gasteiger partial charge in [0.1, 0.15) is 0 Å². The predicted molar refractivity (Wildman–Crippen MR) is 70.7 cm³/mol.